The van der Waals surface area contributed by atoms with E-state index < -0.39 is 0 Å². The van der Waals surface area contributed by atoms with E-state index >= 15 is 0 Å². The van der Waals surface area contributed by atoms with Gasteiger partial charge in [0.05, 0.1) is 14.2 Å². The van der Waals surface area contributed by atoms with E-state index in [1.807, 2.05) is 18.2 Å². The predicted octanol–water partition coefficient (Wildman–Crippen LogP) is 2.87. The minimum Gasteiger partial charge on any atom is -0.493 e. The van der Waals surface area contributed by atoms with E-state index in [4.69, 9.17) is 9.47 Å². The van der Waals surface area contributed by atoms with E-state index in [1.165, 1.54) is 19.3 Å². The Morgan fingerprint density at radius 1 is 1.03 bits per heavy atom. The molecule has 0 bridgehead atoms. The fraction of sp³-hybridized carbons (Fsp3) is 0.636. The van der Waals surface area contributed by atoms with Crippen LogP contribution in [0.1, 0.15) is 50.5 Å². The van der Waals surface area contributed by atoms with Crippen LogP contribution in [0.5, 0.6) is 11.5 Å². The van der Waals surface area contributed by atoms with Crippen LogP contribution in [-0.2, 0) is 11.2 Å². The zero-order valence-corrected chi connectivity index (χ0v) is 17.5. The van der Waals surface area contributed by atoms with Crippen LogP contribution >= 0.6 is 0 Å². The first-order chi connectivity index (χ1) is 14.1. The fourth-order valence-electron chi connectivity index (χ4n) is 4.27. The first-order valence-electron chi connectivity index (χ1n) is 10.7. The monoisotopic (exact) mass is 403 g/mol. The molecule has 1 aliphatic carbocycles. The average molecular weight is 404 g/mol. The molecule has 3 rings (SSSR count). The number of likely N-dealkylation sites (tertiary alicyclic amines) is 1. The molecule has 2 N–H and O–H groups in total. The van der Waals surface area contributed by atoms with Gasteiger partial charge in [0.2, 0.25) is 5.91 Å². The number of rotatable bonds is 7. The van der Waals surface area contributed by atoms with Crippen molar-refractivity contribution < 1.29 is 19.1 Å². The predicted molar refractivity (Wildman–Crippen MR) is 111 cm³/mol. The van der Waals surface area contributed by atoms with Crippen molar-refractivity contribution in [3.05, 3.63) is 23.8 Å². The van der Waals surface area contributed by atoms with Crippen molar-refractivity contribution in [2.45, 2.75) is 63.5 Å². The molecule has 7 heteroatoms. The molecule has 29 heavy (non-hydrogen) atoms. The summed E-state index contributed by atoms with van der Waals surface area (Å²) in [6, 6.07) is 5.55. The molecule has 3 amide bonds. The van der Waals surface area contributed by atoms with E-state index in [9.17, 15) is 9.59 Å². The highest BCUT2D eigenvalue weighted by molar-refractivity contribution is 5.87. The third-order valence-electron chi connectivity index (χ3n) is 5.91. The number of benzene rings is 1. The minimum absolute atomic E-state index is 0.0678. The van der Waals surface area contributed by atoms with Crippen LogP contribution in [0.15, 0.2) is 18.2 Å². The number of nitrogens with one attached hydrogen (secondary N) is 2. The minimum atomic E-state index is -0.371. The number of carbonyl (C=O) groups excluding carboxylic acids is 2. The van der Waals surface area contributed by atoms with Crippen LogP contribution in [0.4, 0.5) is 4.79 Å². The second kappa shape index (κ2) is 10.4. The number of urea groups is 1. The normalized spacial score (nSPS) is 19.7. The van der Waals surface area contributed by atoms with Gasteiger partial charge in [-0.2, -0.15) is 0 Å². The summed E-state index contributed by atoms with van der Waals surface area (Å²) in [5.41, 5.74) is 1.06. The van der Waals surface area contributed by atoms with Crippen LogP contribution in [0, 0.1) is 0 Å². The Bertz CT molecular complexity index is 703. The van der Waals surface area contributed by atoms with E-state index in [-0.39, 0.29) is 24.0 Å². The van der Waals surface area contributed by atoms with Gasteiger partial charge < -0.3 is 25.0 Å². The van der Waals surface area contributed by atoms with Crippen LogP contribution in [0.2, 0.25) is 0 Å². The van der Waals surface area contributed by atoms with Gasteiger partial charge in [-0.15, -0.1) is 0 Å². The van der Waals surface area contributed by atoms with E-state index in [0.29, 0.717) is 31.0 Å². The maximum atomic E-state index is 12.7. The van der Waals surface area contributed by atoms with Gasteiger partial charge in [0.15, 0.2) is 11.5 Å². The molecule has 0 unspecified atom stereocenters. The van der Waals surface area contributed by atoms with Crippen molar-refractivity contribution in [1.29, 1.82) is 0 Å². The lowest BCUT2D eigenvalue weighted by Crippen LogP contribution is -2.52. The van der Waals surface area contributed by atoms with Gasteiger partial charge in [-0.25, -0.2) is 4.79 Å². The molecule has 1 aliphatic heterocycles. The lowest BCUT2D eigenvalue weighted by Gasteiger charge is -2.29. The first kappa shape index (κ1) is 21.3. The van der Waals surface area contributed by atoms with Gasteiger partial charge in [0, 0.05) is 19.1 Å². The van der Waals surface area contributed by atoms with Crippen LogP contribution < -0.4 is 20.1 Å². The number of amides is 3. The third-order valence-corrected chi connectivity index (χ3v) is 5.91. The van der Waals surface area contributed by atoms with Crippen molar-refractivity contribution in [1.82, 2.24) is 15.5 Å². The fourth-order valence-corrected chi connectivity index (χ4v) is 4.27. The summed E-state index contributed by atoms with van der Waals surface area (Å²) in [5, 5.41) is 6.13. The molecule has 0 radical (unpaired) electrons. The second-order valence-electron chi connectivity index (χ2n) is 7.87. The molecule has 1 saturated carbocycles. The second-order valence-corrected chi connectivity index (χ2v) is 7.87. The number of hydrogen-bond acceptors (Lipinski definition) is 4. The number of hydrogen-bond donors (Lipinski definition) is 2. The zero-order valence-electron chi connectivity index (χ0n) is 17.5. The molecule has 1 heterocycles. The largest absolute Gasteiger partial charge is 0.493 e. The highest BCUT2D eigenvalue weighted by Crippen LogP contribution is 2.27. The quantitative estimate of drug-likeness (QED) is 0.734. The Hall–Kier alpha value is -2.44. The molecule has 0 aromatic heterocycles. The molecule has 1 aromatic rings. The Kier molecular flexibility index (Phi) is 7.61. The topological polar surface area (TPSA) is 79.9 Å². The Morgan fingerprint density at radius 2 is 1.79 bits per heavy atom. The van der Waals surface area contributed by atoms with Crippen LogP contribution in [0.3, 0.4) is 0 Å². The molecule has 1 aromatic carbocycles. The summed E-state index contributed by atoms with van der Waals surface area (Å²) >= 11 is 0. The van der Waals surface area contributed by atoms with Gasteiger partial charge in [-0.1, -0.05) is 25.3 Å². The van der Waals surface area contributed by atoms with Crippen molar-refractivity contribution in [3.8, 4) is 11.5 Å². The lowest BCUT2D eigenvalue weighted by atomic mass is 9.96. The van der Waals surface area contributed by atoms with Gasteiger partial charge >= 0.3 is 6.03 Å². The Balaban J connectivity index is 1.48. The van der Waals surface area contributed by atoms with Crippen molar-refractivity contribution in [2.24, 2.45) is 0 Å². The van der Waals surface area contributed by atoms with Crippen LogP contribution in [-0.4, -0.2) is 56.2 Å². The first-order valence-corrected chi connectivity index (χ1v) is 10.7. The molecule has 2 fully saturated rings. The van der Waals surface area contributed by atoms with Gasteiger partial charge in [0.25, 0.3) is 0 Å². The molecule has 160 valence electrons. The number of ether oxygens (including phenoxy) is 2. The molecule has 7 nitrogen and oxygen atoms in total. The zero-order chi connectivity index (χ0) is 20.6. The molecule has 1 saturated heterocycles. The van der Waals surface area contributed by atoms with Gasteiger partial charge in [0.1, 0.15) is 6.04 Å². The summed E-state index contributed by atoms with van der Waals surface area (Å²) in [5.74, 6) is 1.30. The van der Waals surface area contributed by atoms with Gasteiger partial charge in [-0.3, -0.25) is 4.79 Å². The molecular weight excluding hydrogens is 370 g/mol. The average Bonchev–Trinajstić information content (AvgIpc) is 3.24. The maximum Gasteiger partial charge on any atom is 0.318 e. The third kappa shape index (κ3) is 5.55. The molecule has 1 atom stereocenters. The summed E-state index contributed by atoms with van der Waals surface area (Å²) in [6.45, 7) is 1.16. The number of methoxy groups -OCH3 is 2. The maximum absolute atomic E-state index is 12.7. The van der Waals surface area contributed by atoms with Crippen molar-refractivity contribution in [3.63, 3.8) is 0 Å². The summed E-state index contributed by atoms with van der Waals surface area (Å²) in [4.78, 5) is 27.1. The molecule has 2 aliphatic rings. The van der Waals surface area contributed by atoms with E-state index in [1.54, 1.807) is 19.1 Å². The number of nitrogens with zero attached hydrogens (tertiary/aromatic N) is 1. The van der Waals surface area contributed by atoms with E-state index in [2.05, 4.69) is 10.6 Å². The van der Waals surface area contributed by atoms with Crippen LogP contribution in [0.25, 0.3) is 0 Å². The molecular formula is C22H33N3O4. The SMILES string of the molecule is COc1ccc(CCNC(=O)[C@@H]2CCCN2C(=O)NC2CCCCC2)cc1OC. The van der Waals surface area contributed by atoms with Crippen molar-refractivity contribution >= 4 is 11.9 Å². The highest BCUT2D eigenvalue weighted by Gasteiger charge is 2.34. The Labute approximate surface area is 173 Å². The van der Waals surface area contributed by atoms with Crippen molar-refractivity contribution in [2.75, 3.05) is 27.3 Å². The Morgan fingerprint density at radius 3 is 2.52 bits per heavy atom. The summed E-state index contributed by atoms with van der Waals surface area (Å²) in [7, 11) is 3.21. The van der Waals surface area contributed by atoms with E-state index in [0.717, 1.165) is 31.2 Å². The molecule has 0 spiro atoms. The van der Waals surface area contributed by atoms with Gasteiger partial charge in [-0.05, 0) is 49.8 Å². The summed E-state index contributed by atoms with van der Waals surface area (Å²) in [6.07, 6.45) is 7.96. The lowest BCUT2D eigenvalue weighted by molar-refractivity contribution is -0.124. The highest BCUT2D eigenvalue weighted by atomic mass is 16.5. The summed E-state index contributed by atoms with van der Waals surface area (Å²) < 4.78 is 10.6. The number of carbonyl (C=O) groups is 2. The smallest absolute Gasteiger partial charge is 0.318 e. The standard InChI is InChI=1S/C22H33N3O4/c1-28-19-11-10-16(15-20(19)29-2)12-13-23-21(26)18-9-6-14-25(18)22(27)24-17-7-4-3-5-8-17/h10-11,15,17-18H,3-9,12-14H2,1-2H3,(H,23,26)(H,24,27)/t18-/m0/s1.